The molecule has 0 saturated carbocycles. The third kappa shape index (κ3) is 1.91. The summed E-state index contributed by atoms with van der Waals surface area (Å²) in [7, 11) is 0. The summed E-state index contributed by atoms with van der Waals surface area (Å²) in [5.74, 6) is -2.62. The SMILES string of the molecule is CCCC(C(=O)O)(C(=O)O)c1ccccc1. The predicted molar refractivity (Wildman–Crippen MR) is 58.3 cm³/mol. The number of benzene rings is 1. The van der Waals surface area contributed by atoms with Crippen LogP contribution in [0.3, 0.4) is 0 Å². The van der Waals surface area contributed by atoms with Crippen molar-refractivity contribution in [3.8, 4) is 0 Å². The summed E-state index contributed by atoms with van der Waals surface area (Å²) in [4.78, 5) is 22.5. The Kier molecular flexibility index (Phi) is 3.66. The molecule has 1 aromatic rings. The first-order chi connectivity index (χ1) is 7.55. The highest BCUT2D eigenvalue weighted by Gasteiger charge is 2.47. The molecule has 4 nitrogen and oxygen atoms in total. The lowest BCUT2D eigenvalue weighted by atomic mass is 9.77. The van der Waals surface area contributed by atoms with E-state index in [1.165, 1.54) is 12.1 Å². The van der Waals surface area contributed by atoms with Crippen molar-refractivity contribution >= 4 is 11.9 Å². The van der Waals surface area contributed by atoms with Crippen LogP contribution in [0.25, 0.3) is 0 Å². The van der Waals surface area contributed by atoms with Gasteiger partial charge in [-0.05, 0) is 12.0 Å². The van der Waals surface area contributed by atoms with Crippen LogP contribution in [0.5, 0.6) is 0 Å². The van der Waals surface area contributed by atoms with Gasteiger partial charge >= 0.3 is 11.9 Å². The quantitative estimate of drug-likeness (QED) is 0.746. The summed E-state index contributed by atoms with van der Waals surface area (Å²) in [5, 5.41) is 18.4. The van der Waals surface area contributed by atoms with Crippen LogP contribution in [0.4, 0.5) is 0 Å². The minimum atomic E-state index is -1.82. The van der Waals surface area contributed by atoms with Crippen molar-refractivity contribution in [1.82, 2.24) is 0 Å². The van der Waals surface area contributed by atoms with E-state index in [1.807, 2.05) is 0 Å². The van der Waals surface area contributed by atoms with Gasteiger partial charge in [0.25, 0.3) is 0 Å². The summed E-state index contributed by atoms with van der Waals surface area (Å²) in [5.41, 5.74) is -1.51. The number of carboxylic acid groups (broad SMARTS) is 2. The molecule has 0 bridgehead atoms. The highest BCUT2D eigenvalue weighted by molar-refractivity contribution is 6.04. The lowest BCUT2D eigenvalue weighted by Crippen LogP contribution is -2.43. The van der Waals surface area contributed by atoms with Gasteiger partial charge in [-0.15, -0.1) is 0 Å². The van der Waals surface area contributed by atoms with Gasteiger partial charge in [0.2, 0.25) is 0 Å². The van der Waals surface area contributed by atoms with Crippen LogP contribution in [0.1, 0.15) is 25.3 Å². The summed E-state index contributed by atoms with van der Waals surface area (Å²) in [6.07, 6.45) is 0.579. The molecule has 0 atom stereocenters. The zero-order chi connectivity index (χ0) is 12.2. The molecule has 16 heavy (non-hydrogen) atoms. The van der Waals surface area contributed by atoms with Gasteiger partial charge < -0.3 is 10.2 Å². The van der Waals surface area contributed by atoms with Crippen molar-refractivity contribution < 1.29 is 19.8 Å². The number of hydrogen-bond donors (Lipinski definition) is 2. The highest BCUT2D eigenvalue weighted by atomic mass is 16.4. The van der Waals surface area contributed by atoms with E-state index in [9.17, 15) is 19.8 Å². The summed E-state index contributed by atoms with van der Waals surface area (Å²) >= 11 is 0. The van der Waals surface area contributed by atoms with E-state index < -0.39 is 17.4 Å². The Bertz CT molecular complexity index is 369. The number of hydrogen-bond acceptors (Lipinski definition) is 2. The van der Waals surface area contributed by atoms with E-state index in [0.29, 0.717) is 12.0 Å². The molecule has 0 aliphatic rings. The minimum Gasteiger partial charge on any atom is -0.480 e. The molecule has 0 fully saturated rings. The molecule has 0 unspecified atom stereocenters. The van der Waals surface area contributed by atoms with Crippen molar-refractivity contribution in [3.05, 3.63) is 35.9 Å². The third-order valence-electron chi connectivity index (χ3n) is 2.62. The fourth-order valence-electron chi connectivity index (χ4n) is 1.79. The maximum Gasteiger partial charge on any atom is 0.325 e. The zero-order valence-electron chi connectivity index (χ0n) is 9.01. The molecule has 0 radical (unpaired) electrons. The van der Waals surface area contributed by atoms with Crippen LogP contribution in [-0.4, -0.2) is 22.2 Å². The van der Waals surface area contributed by atoms with Gasteiger partial charge in [-0.1, -0.05) is 43.7 Å². The van der Waals surface area contributed by atoms with Gasteiger partial charge in [0, 0.05) is 0 Å². The molecule has 0 aliphatic heterocycles. The Morgan fingerprint density at radius 2 is 1.62 bits per heavy atom. The standard InChI is InChI=1S/C12H14O4/c1-2-8-12(10(13)14,11(15)16)9-6-4-3-5-7-9/h3-7H,2,8H2,1H3,(H,13,14)(H,15,16). The average molecular weight is 222 g/mol. The van der Waals surface area contributed by atoms with E-state index in [2.05, 4.69) is 0 Å². The predicted octanol–water partition coefficient (Wildman–Crippen LogP) is 1.89. The second-order valence-electron chi connectivity index (χ2n) is 3.63. The van der Waals surface area contributed by atoms with Gasteiger partial charge in [-0.3, -0.25) is 9.59 Å². The molecule has 1 aromatic carbocycles. The monoisotopic (exact) mass is 222 g/mol. The topological polar surface area (TPSA) is 74.6 Å². The van der Waals surface area contributed by atoms with Crippen LogP contribution >= 0.6 is 0 Å². The van der Waals surface area contributed by atoms with Crippen molar-refractivity contribution in [3.63, 3.8) is 0 Å². The zero-order valence-corrected chi connectivity index (χ0v) is 9.01. The Hall–Kier alpha value is -1.84. The molecule has 0 spiro atoms. The number of carboxylic acids is 2. The Balaban J connectivity index is 3.33. The summed E-state index contributed by atoms with van der Waals surface area (Å²) in [6.45, 7) is 1.77. The first-order valence-electron chi connectivity index (χ1n) is 5.08. The number of carbonyl (C=O) groups is 2. The molecule has 0 saturated heterocycles. The molecule has 86 valence electrons. The molecule has 0 heterocycles. The Labute approximate surface area is 93.5 Å². The maximum atomic E-state index is 11.3. The fourth-order valence-corrected chi connectivity index (χ4v) is 1.79. The van der Waals surface area contributed by atoms with Crippen LogP contribution in [0.2, 0.25) is 0 Å². The van der Waals surface area contributed by atoms with Crippen molar-refractivity contribution in [2.75, 3.05) is 0 Å². The van der Waals surface area contributed by atoms with E-state index in [-0.39, 0.29) is 6.42 Å². The first kappa shape index (κ1) is 12.2. The van der Waals surface area contributed by atoms with Gasteiger partial charge in [-0.2, -0.15) is 0 Å². The van der Waals surface area contributed by atoms with Gasteiger partial charge in [-0.25, -0.2) is 0 Å². The van der Waals surface area contributed by atoms with Gasteiger partial charge in [0.05, 0.1) is 0 Å². The van der Waals surface area contributed by atoms with E-state index in [1.54, 1.807) is 25.1 Å². The second-order valence-corrected chi connectivity index (χ2v) is 3.63. The normalized spacial score (nSPS) is 11.1. The van der Waals surface area contributed by atoms with Crippen LogP contribution in [-0.2, 0) is 15.0 Å². The van der Waals surface area contributed by atoms with Crippen LogP contribution in [0.15, 0.2) is 30.3 Å². The molecular weight excluding hydrogens is 208 g/mol. The van der Waals surface area contributed by atoms with Crippen molar-refractivity contribution in [2.45, 2.75) is 25.2 Å². The second kappa shape index (κ2) is 4.79. The van der Waals surface area contributed by atoms with Gasteiger partial charge in [0.1, 0.15) is 0 Å². The fraction of sp³-hybridized carbons (Fsp3) is 0.333. The van der Waals surface area contributed by atoms with E-state index in [0.717, 1.165) is 0 Å². The molecule has 1 rings (SSSR count). The first-order valence-corrected chi connectivity index (χ1v) is 5.08. The minimum absolute atomic E-state index is 0.0850. The molecular formula is C12H14O4. The summed E-state index contributed by atoms with van der Waals surface area (Å²) in [6, 6.07) is 8.09. The third-order valence-corrected chi connectivity index (χ3v) is 2.62. The van der Waals surface area contributed by atoms with Crippen LogP contribution in [0, 0.1) is 0 Å². The van der Waals surface area contributed by atoms with E-state index >= 15 is 0 Å². The lowest BCUT2D eigenvalue weighted by molar-refractivity contribution is -0.158. The van der Waals surface area contributed by atoms with Crippen molar-refractivity contribution in [2.24, 2.45) is 0 Å². The largest absolute Gasteiger partial charge is 0.480 e. The number of rotatable bonds is 5. The molecule has 2 N–H and O–H groups in total. The Morgan fingerprint density at radius 3 is 2.00 bits per heavy atom. The molecule has 0 aromatic heterocycles. The molecule has 0 amide bonds. The number of aliphatic carboxylic acids is 2. The van der Waals surface area contributed by atoms with Gasteiger partial charge in [0.15, 0.2) is 5.41 Å². The van der Waals surface area contributed by atoms with Crippen LogP contribution < -0.4 is 0 Å². The van der Waals surface area contributed by atoms with E-state index in [4.69, 9.17) is 0 Å². The molecule has 4 heteroatoms. The lowest BCUT2D eigenvalue weighted by Gasteiger charge is -2.24. The average Bonchev–Trinajstić information content (AvgIpc) is 2.26. The highest BCUT2D eigenvalue weighted by Crippen LogP contribution is 2.30. The Morgan fingerprint density at radius 1 is 1.12 bits per heavy atom. The molecule has 0 aliphatic carbocycles. The summed E-state index contributed by atoms with van der Waals surface area (Å²) < 4.78 is 0. The maximum absolute atomic E-state index is 11.3. The smallest absolute Gasteiger partial charge is 0.325 e. The van der Waals surface area contributed by atoms with Crippen molar-refractivity contribution in [1.29, 1.82) is 0 Å².